The summed E-state index contributed by atoms with van der Waals surface area (Å²) >= 11 is 0. The highest BCUT2D eigenvalue weighted by Gasteiger charge is 2.20. The van der Waals surface area contributed by atoms with E-state index in [-0.39, 0.29) is 30.3 Å². The van der Waals surface area contributed by atoms with Crippen LogP contribution in [0.3, 0.4) is 0 Å². The Kier molecular flexibility index (Phi) is 5.92. The minimum absolute atomic E-state index is 0.130. The van der Waals surface area contributed by atoms with Crippen molar-refractivity contribution in [2.24, 2.45) is 0 Å². The minimum Gasteiger partial charge on any atom is -0.395 e. The maximum Gasteiger partial charge on any atom is 0.270 e. The molecule has 0 saturated heterocycles. The van der Waals surface area contributed by atoms with E-state index < -0.39 is 4.92 Å². The van der Waals surface area contributed by atoms with Gasteiger partial charge in [-0.1, -0.05) is 0 Å². The number of rotatable bonds is 7. The number of carbonyl (C=O) groups is 1. The van der Waals surface area contributed by atoms with Crippen molar-refractivity contribution in [2.75, 3.05) is 31.6 Å². The fraction of sp³-hybridized carbons (Fsp3) is 0.462. The number of non-ortho nitro benzene ring substituents is 1. The Morgan fingerprint density at radius 3 is 2.65 bits per heavy atom. The molecule has 0 aliphatic carbocycles. The molecule has 1 aromatic carbocycles. The van der Waals surface area contributed by atoms with E-state index >= 15 is 0 Å². The Balaban J connectivity index is 3.19. The molecule has 0 unspecified atom stereocenters. The Morgan fingerprint density at radius 2 is 2.15 bits per heavy atom. The number of benzene rings is 1. The van der Waals surface area contributed by atoms with Gasteiger partial charge in [-0.05, 0) is 19.9 Å². The van der Waals surface area contributed by atoms with Crippen LogP contribution in [0, 0.1) is 10.1 Å². The summed E-state index contributed by atoms with van der Waals surface area (Å²) in [6, 6.07) is 4.15. The number of nitro benzene ring substituents is 1. The molecule has 7 heteroatoms. The topological polar surface area (TPSA) is 95.7 Å². The van der Waals surface area contributed by atoms with Gasteiger partial charge in [0.25, 0.3) is 11.6 Å². The molecule has 1 amide bonds. The van der Waals surface area contributed by atoms with Gasteiger partial charge in [0.2, 0.25) is 0 Å². The van der Waals surface area contributed by atoms with Gasteiger partial charge in [0.15, 0.2) is 0 Å². The second kappa shape index (κ2) is 7.44. The van der Waals surface area contributed by atoms with Crippen LogP contribution in [0.15, 0.2) is 18.2 Å². The normalized spacial score (nSPS) is 10.2. The first kappa shape index (κ1) is 15.9. The minimum atomic E-state index is -0.533. The lowest BCUT2D eigenvalue weighted by Crippen LogP contribution is -2.33. The highest BCUT2D eigenvalue weighted by atomic mass is 16.6. The lowest BCUT2D eigenvalue weighted by atomic mass is 10.1. The van der Waals surface area contributed by atoms with Crippen molar-refractivity contribution in [1.82, 2.24) is 4.90 Å². The van der Waals surface area contributed by atoms with Crippen LogP contribution in [0.4, 0.5) is 11.4 Å². The first-order valence-corrected chi connectivity index (χ1v) is 6.47. The average Bonchev–Trinajstić information content (AvgIpc) is 2.44. The van der Waals surface area contributed by atoms with Gasteiger partial charge >= 0.3 is 0 Å². The summed E-state index contributed by atoms with van der Waals surface area (Å²) in [5.74, 6) is -0.332. The molecule has 110 valence electrons. The molecule has 20 heavy (non-hydrogen) atoms. The predicted molar refractivity (Wildman–Crippen MR) is 75.9 cm³/mol. The number of likely N-dealkylation sites (N-methyl/N-ethyl adjacent to an activating group) is 1. The summed E-state index contributed by atoms with van der Waals surface area (Å²) in [6.45, 7) is 4.74. The SMILES string of the molecule is CCNc1ccc([N+](=O)[O-])cc1C(=O)N(CC)CCO. The number of hydrogen-bond acceptors (Lipinski definition) is 5. The van der Waals surface area contributed by atoms with Gasteiger partial charge in [-0.15, -0.1) is 0 Å². The summed E-state index contributed by atoms with van der Waals surface area (Å²) in [5, 5.41) is 22.8. The molecular formula is C13H19N3O4. The van der Waals surface area contributed by atoms with Gasteiger partial charge in [-0.2, -0.15) is 0 Å². The molecule has 0 fully saturated rings. The molecule has 1 rings (SSSR count). The predicted octanol–water partition coefficient (Wildman–Crippen LogP) is 1.48. The fourth-order valence-electron chi connectivity index (χ4n) is 1.86. The number of hydrogen-bond donors (Lipinski definition) is 2. The summed E-state index contributed by atoms with van der Waals surface area (Å²) in [4.78, 5) is 24.1. The van der Waals surface area contributed by atoms with Gasteiger partial charge in [0, 0.05) is 37.5 Å². The maximum atomic E-state index is 12.4. The number of anilines is 1. The van der Waals surface area contributed by atoms with Crippen LogP contribution >= 0.6 is 0 Å². The van der Waals surface area contributed by atoms with Gasteiger partial charge in [-0.25, -0.2) is 0 Å². The van der Waals surface area contributed by atoms with E-state index in [9.17, 15) is 14.9 Å². The molecule has 0 aromatic heterocycles. The molecular weight excluding hydrogens is 262 g/mol. The molecule has 0 radical (unpaired) electrons. The zero-order chi connectivity index (χ0) is 15.1. The van der Waals surface area contributed by atoms with Crippen molar-refractivity contribution in [3.63, 3.8) is 0 Å². The van der Waals surface area contributed by atoms with E-state index in [0.717, 1.165) is 0 Å². The Morgan fingerprint density at radius 1 is 1.45 bits per heavy atom. The zero-order valence-corrected chi connectivity index (χ0v) is 11.6. The third kappa shape index (κ3) is 3.67. The second-order valence-corrected chi connectivity index (χ2v) is 4.13. The van der Waals surface area contributed by atoms with Gasteiger partial charge in [0.05, 0.1) is 17.1 Å². The summed E-state index contributed by atoms with van der Waals surface area (Å²) in [7, 11) is 0. The number of nitro groups is 1. The molecule has 0 heterocycles. The Hall–Kier alpha value is -2.15. The molecule has 0 spiro atoms. The maximum absolute atomic E-state index is 12.4. The largest absolute Gasteiger partial charge is 0.395 e. The number of aliphatic hydroxyl groups is 1. The highest BCUT2D eigenvalue weighted by molar-refractivity contribution is 6.00. The lowest BCUT2D eigenvalue weighted by Gasteiger charge is -2.21. The van der Waals surface area contributed by atoms with Gasteiger partial charge in [0.1, 0.15) is 0 Å². The van der Waals surface area contributed by atoms with Crippen LogP contribution < -0.4 is 5.32 Å². The third-order valence-electron chi connectivity index (χ3n) is 2.85. The van der Waals surface area contributed by atoms with Crippen molar-refractivity contribution in [2.45, 2.75) is 13.8 Å². The van der Waals surface area contributed by atoms with Gasteiger partial charge in [-0.3, -0.25) is 14.9 Å². The van der Waals surface area contributed by atoms with Crippen molar-refractivity contribution in [3.05, 3.63) is 33.9 Å². The van der Waals surface area contributed by atoms with E-state index in [1.807, 2.05) is 6.92 Å². The van der Waals surface area contributed by atoms with E-state index in [2.05, 4.69) is 5.32 Å². The van der Waals surface area contributed by atoms with E-state index in [0.29, 0.717) is 18.8 Å². The first-order chi connectivity index (χ1) is 9.54. The average molecular weight is 281 g/mol. The monoisotopic (exact) mass is 281 g/mol. The van der Waals surface area contributed by atoms with E-state index in [4.69, 9.17) is 5.11 Å². The smallest absolute Gasteiger partial charge is 0.270 e. The second-order valence-electron chi connectivity index (χ2n) is 4.13. The first-order valence-electron chi connectivity index (χ1n) is 6.47. The summed E-state index contributed by atoms with van der Waals surface area (Å²) < 4.78 is 0. The molecule has 1 aromatic rings. The van der Waals surface area contributed by atoms with Crippen molar-refractivity contribution >= 4 is 17.3 Å². The van der Waals surface area contributed by atoms with Crippen molar-refractivity contribution in [3.8, 4) is 0 Å². The highest BCUT2D eigenvalue weighted by Crippen LogP contribution is 2.23. The molecule has 0 saturated carbocycles. The van der Waals surface area contributed by atoms with Gasteiger partial charge < -0.3 is 15.3 Å². The van der Waals surface area contributed by atoms with Crippen molar-refractivity contribution in [1.29, 1.82) is 0 Å². The van der Waals surface area contributed by atoms with Crippen LogP contribution in [-0.2, 0) is 0 Å². The molecule has 0 aliphatic heterocycles. The molecule has 0 aliphatic rings. The number of amides is 1. The van der Waals surface area contributed by atoms with Crippen LogP contribution in [-0.4, -0.2) is 47.1 Å². The lowest BCUT2D eigenvalue weighted by molar-refractivity contribution is -0.384. The van der Waals surface area contributed by atoms with Crippen LogP contribution in [0.25, 0.3) is 0 Å². The number of nitrogens with one attached hydrogen (secondary N) is 1. The zero-order valence-electron chi connectivity index (χ0n) is 11.6. The van der Waals surface area contributed by atoms with E-state index in [1.54, 1.807) is 6.92 Å². The number of aliphatic hydroxyl groups excluding tert-OH is 1. The van der Waals surface area contributed by atoms with Crippen LogP contribution in [0.1, 0.15) is 24.2 Å². The Labute approximate surface area is 117 Å². The number of carbonyl (C=O) groups excluding carboxylic acids is 1. The molecule has 0 atom stereocenters. The standard InChI is InChI=1S/C13H19N3O4/c1-3-14-12-6-5-10(16(19)20)9-11(12)13(18)15(4-2)7-8-17/h5-6,9,14,17H,3-4,7-8H2,1-2H3. The third-order valence-corrected chi connectivity index (χ3v) is 2.85. The summed E-state index contributed by atoms with van der Waals surface area (Å²) in [5.41, 5.74) is 0.672. The molecule has 2 N–H and O–H groups in total. The quantitative estimate of drug-likeness (QED) is 0.583. The summed E-state index contributed by atoms with van der Waals surface area (Å²) in [6.07, 6.45) is 0. The van der Waals surface area contributed by atoms with Crippen LogP contribution in [0.5, 0.6) is 0 Å². The number of nitrogens with zero attached hydrogens (tertiary/aromatic N) is 2. The van der Waals surface area contributed by atoms with Crippen LogP contribution in [0.2, 0.25) is 0 Å². The molecule has 7 nitrogen and oxygen atoms in total. The van der Waals surface area contributed by atoms with Crippen molar-refractivity contribution < 1.29 is 14.8 Å². The Bertz CT molecular complexity index is 491. The molecule has 0 bridgehead atoms. The van der Waals surface area contributed by atoms with E-state index in [1.165, 1.54) is 23.1 Å². The fourth-order valence-corrected chi connectivity index (χ4v) is 1.86.